The standard InChI is InChI=1S/C22H21F3N6OS/c23-22(24,25)21(6-7-21)19(32)31-11-9-30(10-12-31)15-4-5-18(27-13-15)29-20-28-17(14-33-20)16-3-1-2-8-26-16/h1-5,8,13-14H,6-7,9-12H2,(H,27,28,29). The van der Waals surface area contributed by atoms with Gasteiger partial charge in [-0.1, -0.05) is 6.07 Å². The van der Waals surface area contributed by atoms with Gasteiger partial charge >= 0.3 is 6.18 Å². The largest absolute Gasteiger partial charge is 0.403 e. The van der Waals surface area contributed by atoms with E-state index in [1.165, 1.54) is 16.2 Å². The fourth-order valence-electron chi connectivity index (χ4n) is 3.93. The smallest absolute Gasteiger partial charge is 0.367 e. The molecule has 3 aromatic heterocycles. The van der Waals surface area contributed by atoms with Crippen molar-refractivity contribution < 1.29 is 18.0 Å². The van der Waals surface area contributed by atoms with Crippen molar-refractivity contribution in [3.05, 3.63) is 48.1 Å². The lowest BCUT2D eigenvalue weighted by Crippen LogP contribution is -2.53. The highest BCUT2D eigenvalue weighted by Crippen LogP contribution is 2.58. The molecule has 11 heteroatoms. The molecule has 0 atom stereocenters. The van der Waals surface area contributed by atoms with Crippen molar-refractivity contribution in [2.75, 3.05) is 36.4 Å². The number of nitrogens with zero attached hydrogens (tertiary/aromatic N) is 5. The Morgan fingerprint density at radius 3 is 2.42 bits per heavy atom. The zero-order valence-electron chi connectivity index (χ0n) is 17.5. The van der Waals surface area contributed by atoms with Crippen LogP contribution in [0.2, 0.25) is 0 Å². The van der Waals surface area contributed by atoms with E-state index in [1.54, 1.807) is 12.4 Å². The number of pyridine rings is 2. The third-order valence-corrected chi connectivity index (χ3v) is 6.81. The molecule has 33 heavy (non-hydrogen) atoms. The van der Waals surface area contributed by atoms with Crippen LogP contribution in [-0.2, 0) is 4.79 Å². The molecule has 4 heterocycles. The summed E-state index contributed by atoms with van der Waals surface area (Å²) in [5.74, 6) is -0.142. The molecule has 3 aromatic rings. The van der Waals surface area contributed by atoms with Crippen molar-refractivity contribution in [3.8, 4) is 11.4 Å². The van der Waals surface area contributed by atoms with Gasteiger partial charge in [0.05, 0.1) is 17.6 Å². The van der Waals surface area contributed by atoms with Gasteiger partial charge in [-0.2, -0.15) is 13.2 Å². The number of nitrogens with one attached hydrogen (secondary N) is 1. The highest BCUT2D eigenvalue weighted by atomic mass is 32.1. The van der Waals surface area contributed by atoms with Gasteiger partial charge in [0.25, 0.3) is 0 Å². The molecule has 2 fully saturated rings. The van der Waals surface area contributed by atoms with E-state index in [9.17, 15) is 18.0 Å². The van der Waals surface area contributed by atoms with Gasteiger partial charge in [-0.15, -0.1) is 11.3 Å². The molecule has 1 aliphatic heterocycles. The van der Waals surface area contributed by atoms with Crippen LogP contribution in [0.4, 0.5) is 29.8 Å². The molecule has 1 saturated heterocycles. The summed E-state index contributed by atoms with van der Waals surface area (Å²) in [6.45, 7) is 1.47. The second kappa shape index (κ2) is 8.29. The molecule has 0 bridgehead atoms. The molecule has 7 nitrogen and oxygen atoms in total. The highest BCUT2D eigenvalue weighted by Gasteiger charge is 2.69. The maximum absolute atomic E-state index is 13.2. The van der Waals surface area contributed by atoms with Gasteiger partial charge in [-0.25, -0.2) is 9.97 Å². The summed E-state index contributed by atoms with van der Waals surface area (Å²) in [6, 6.07) is 9.39. The van der Waals surface area contributed by atoms with E-state index >= 15 is 0 Å². The Bertz CT molecular complexity index is 1120. The maximum Gasteiger partial charge on any atom is 0.403 e. The van der Waals surface area contributed by atoms with Crippen LogP contribution in [0.25, 0.3) is 11.4 Å². The number of piperazine rings is 1. The van der Waals surface area contributed by atoms with Gasteiger partial charge in [0.15, 0.2) is 5.13 Å². The highest BCUT2D eigenvalue weighted by molar-refractivity contribution is 7.14. The van der Waals surface area contributed by atoms with E-state index in [-0.39, 0.29) is 25.9 Å². The fraction of sp³-hybridized carbons (Fsp3) is 0.364. The predicted octanol–water partition coefficient (Wildman–Crippen LogP) is 4.33. The first-order valence-electron chi connectivity index (χ1n) is 10.6. The zero-order valence-corrected chi connectivity index (χ0v) is 18.4. The lowest BCUT2D eigenvalue weighted by atomic mass is 10.0. The molecule has 2 aliphatic rings. The Morgan fingerprint density at radius 1 is 1.03 bits per heavy atom. The quantitative estimate of drug-likeness (QED) is 0.593. The SMILES string of the molecule is O=C(N1CCN(c2ccc(Nc3nc(-c4ccccn4)cs3)nc2)CC1)C1(C(F)(F)F)CC1. The number of alkyl halides is 3. The minimum Gasteiger partial charge on any atom is -0.367 e. The van der Waals surface area contributed by atoms with Gasteiger partial charge in [-0.05, 0) is 37.1 Å². The minimum absolute atomic E-state index is 0.101. The Hall–Kier alpha value is -3.21. The van der Waals surface area contributed by atoms with Crippen molar-refractivity contribution in [2.45, 2.75) is 19.0 Å². The first kappa shape index (κ1) is 21.6. The summed E-state index contributed by atoms with van der Waals surface area (Å²) in [6.07, 6.45) is -1.24. The molecule has 0 unspecified atom stereocenters. The van der Waals surface area contributed by atoms with Gasteiger partial charge in [-0.3, -0.25) is 9.78 Å². The lowest BCUT2D eigenvalue weighted by Gasteiger charge is -2.37. The van der Waals surface area contributed by atoms with Crippen molar-refractivity contribution in [1.29, 1.82) is 0 Å². The normalized spacial score (nSPS) is 17.7. The summed E-state index contributed by atoms with van der Waals surface area (Å²) in [7, 11) is 0. The number of rotatable bonds is 5. The van der Waals surface area contributed by atoms with Crippen LogP contribution < -0.4 is 10.2 Å². The number of hydrogen-bond acceptors (Lipinski definition) is 7. The van der Waals surface area contributed by atoms with Crippen molar-refractivity contribution >= 4 is 33.9 Å². The third kappa shape index (κ3) is 4.24. The Balaban J connectivity index is 1.17. The van der Waals surface area contributed by atoms with Crippen LogP contribution >= 0.6 is 11.3 Å². The molecule has 1 aliphatic carbocycles. The van der Waals surface area contributed by atoms with Crippen molar-refractivity contribution in [1.82, 2.24) is 19.9 Å². The van der Waals surface area contributed by atoms with Crippen LogP contribution in [-0.4, -0.2) is 58.1 Å². The average Bonchev–Trinajstić information content (AvgIpc) is 3.54. The molecule has 5 rings (SSSR count). The number of halogens is 3. The molecule has 172 valence electrons. The summed E-state index contributed by atoms with van der Waals surface area (Å²) in [5.41, 5.74) is 0.296. The monoisotopic (exact) mass is 474 g/mol. The van der Waals surface area contributed by atoms with E-state index in [2.05, 4.69) is 20.3 Å². The Kier molecular flexibility index (Phi) is 5.43. The van der Waals surface area contributed by atoms with Gasteiger partial charge in [0.2, 0.25) is 5.91 Å². The number of hydrogen-bond donors (Lipinski definition) is 1. The second-order valence-corrected chi connectivity index (χ2v) is 9.00. The third-order valence-electron chi connectivity index (χ3n) is 6.05. The number of anilines is 3. The number of thiazole rings is 1. The number of amides is 1. The van der Waals surface area contributed by atoms with Crippen LogP contribution in [0.3, 0.4) is 0 Å². The molecule has 0 aromatic carbocycles. The van der Waals surface area contributed by atoms with Crippen LogP contribution in [0, 0.1) is 5.41 Å². The molecule has 1 N–H and O–H groups in total. The van der Waals surface area contributed by atoms with Gasteiger partial charge in [0, 0.05) is 37.8 Å². The summed E-state index contributed by atoms with van der Waals surface area (Å²) in [5, 5.41) is 5.79. The van der Waals surface area contributed by atoms with E-state index in [1.807, 2.05) is 40.6 Å². The lowest BCUT2D eigenvalue weighted by molar-refractivity contribution is -0.198. The number of carbonyl (C=O) groups is 1. The topological polar surface area (TPSA) is 74.2 Å². The Labute approximate surface area is 192 Å². The van der Waals surface area contributed by atoms with Crippen molar-refractivity contribution in [3.63, 3.8) is 0 Å². The fourth-order valence-corrected chi connectivity index (χ4v) is 4.64. The maximum atomic E-state index is 13.2. The van der Waals surface area contributed by atoms with E-state index in [0.717, 1.165) is 17.1 Å². The molecule has 1 saturated carbocycles. The van der Waals surface area contributed by atoms with Gasteiger partial charge < -0.3 is 15.1 Å². The first-order valence-corrected chi connectivity index (χ1v) is 11.4. The zero-order chi connectivity index (χ0) is 23.1. The summed E-state index contributed by atoms with van der Waals surface area (Å²) < 4.78 is 39.7. The number of aromatic nitrogens is 3. The first-order chi connectivity index (χ1) is 15.9. The molecule has 0 radical (unpaired) electrons. The van der Waals surface area contributed by atoms with Crippen LogP contribution in [0.15, 0.2) is 48.1 Å². The molecular weight excluding hydrogens is 453 g/mol. The van der Waals surface area contributed by atoms with Crippen molar-refractivity contribution in [2.24, 2.45) is 5.41 Å². The van der Waals surface area contributed by atoms with Crippen LogP contribution in [0.5, 0.6) is 0 Å². The predicted molar refractivity (Wildman–Crippen MR) is 119 cm³/mol. The molecule has 0 spiro atoms. The average molecular weight is 475 g/mol. The summed E-state index contributed by atoms with van der Waals surface area (Å²) >= 11 is 1.45. The van der Waals surface area contributed by atoms with Crippen LogP contribution in [0.1, 0.15) is 12.8 Å². The van der Waals surface area contributed by atoms with Gasteiger partial charge in [0.1, 0.15) is 16.9 Å². The van der Waals surface area contributed by atoms with E-state index in [4.69, 9.17) is 0 Å². The second-order valence-electron chi connectivity index (χ2n) is 8.14. The summed E-state index contributed by atoms with van der Waals surface area (Å²) in [4.78, 5) is 29.1. The van der Waals surface area contributed by atoms with E-state index < -0.39 is 17.5 Å². The Morgan fingerprint density at radius 2 is 1.82 bits per heavy atom. The molecule has 1 amide bonds. The minimum atomic E-state index is -4.47. The molecular formula is C22H21F3N6OS. The number of carbonyl (C=O) groups excluding carboxylic acids is 1. The van der Waals surface area contributed by atoms with E-state index in [0.29, 0.717) is 24.0 Å².